The number of ether oxygens (including phenoxy) is 2. The fourth-order valence-electron chi connectivity index (χ4n) is 3.65. The molecule has 0 spiro atoms. The first-order chi connectivity index (χ1) is 15.3. The van der Waals surface area contributed by atoms with Crippen LogP contribution < -0.4 is 14.8 Å². The van der Waals surface area contributed by atoms with Crippen LogP contribution in [0.3, 0.4) is 0 Å². The summed E-state index contributed by atoms with van der Waals surface area (Å²) in [5, 5.41) is 2.80. The zero-order chi connectivity index (χ0) is 23.0. The highest BCUT2D eigenvalue weighted by molar-refractivity contribution is 7.89. The first-order valence-electron chi connectivity index (χ1n) is 11.0. The summed E-state index contributed by atoms with van der Waals surface area (Å²) < 4.78 is 38.4. The van der Waals surface area contributed by atoms with Gasteiger partial charge in [0.05, 0.1) is 11.4 Å². The van der Waals surface area contributed by atoms with E-state index in [0.717, 1.165) is 30.6 Å². The molecule has 0 saturated heterocycles. The second-order valence-corrected chi connectivity index (χ2v) is 10.4. The number of carbonyl (C=O) groups is 1. The molecule has 2 aromatic carbocycles. The number of hydrogen-bond acceptors (Lipinski definition) is 5. The summed E-state index contributed by atoms with van der Waals surface area (Å²) in [5.74, 6) is 0.874. The smallest absolute Gasteiger partial charge is 0.407 e. The predicted octanol–water partition coefficient (Wildman–Crippen LogP) is 4.03. The van der Waals surface area contributed by atoms with Crippen LogP contribution >= 0.6 is 0 Å². The molecule has 0 saturated carbocycles. The van der Waals surface area contributed by atoms with Gasteiger partial charge in [0.2, 0.25) is 10.0 Å². The molecule has 1 amide bonds. The molecular weight excluding hydrogens is 428 g/mol. The van der Waals surface area contributed by atoms with Gasteiger partial charge in [-0.2, -0.15) is 0 Å². The van der Waals surface area contributed by atoms with E-state index in [0.29, 0.717) is 25.9 Å². The Bertz CT molecular complexity index is 967. The lowest BCUT2D eigenvalue weighted by Gasteiger charge is -2.25. The van der Waals surface area contributed by atoms with Gasteiger partial charge in [0.1, 0.15) is 17.5 Å². The highest BCUT2D eigenvalue weighted by Crippen LogP contribution is 2.27. The Kier molecular flexibility index (Phi) is 8.15. The molecule has 1 heterocycles. The van der Waals surface area contributed by atoms with Crippen LogP contribution in [0.5, 0.6) is 5.75 Å². The van der Waals surface area contributed by atoms with E-state index in [9.17, 15) is 13.2 Å². The van der Waals surface area contributed by atoms with Gasteiger partial charge in [-0.25, -0.2) is 17.9 Å². The normalized spacial score (nSPS) is 15.6. The zero-order valence-corrected chi connectivity index (χ0v) is 19.5. The summed E-state index contributed by atoms with van der Waals surface area (Å²) in [6.07, 6.45) is 3.31. The van der Waals surface area contributed by atoms with Gasteiger partial charge >= 0.3 is 6.09 Å². The van der Waals surface area contributed by atoms with Crippen LogP contribution in [0.4, 0.5) is 4.79 Å². The Balaban J connectivity index is 1.28. The average molecular weight is 461 g/mol. The van der Waals surface area contributed by atoms with Crippen LogP contribution in [0.25, 0.3) is 0 Å². The Labute approximate surface area is 190 Å². The van der Waals surface area contributed by atoms with Gasteiger partial charge in [-0.1, -0.05) is 42.8 Å². The van der Waals surface area contributed by atoms with Crippen molar-refractivity contribution < 1.29 is 22.7 Å². The number of fused-ring (bicyclic) bond motifs is 1. The number of nitrogens with one attached hydrogen (secondary N) is 2. The lowest BCUT2D eigenvalue weighted by Crippen LogP contribution is -2.39. The van der Waals surface area contributed by atoms with E-state index in [4.69, 9.17) is 9.47 Å². The highest BCUT2D eigenvalue weighted by Gasteiger charge is 2.25. The van der Waals surface area contributed by atoms with Gasteiger partial charge < -0.3 is 14.8 Å². The fourth-order valence-corrected chi connectivity index (χ4v) is 4.74. The second kappa shape index (κ2) is 10.8. The Morgan fingerprint density at radius 1 is 1.06 bits per heavy atom. The maximum Gasteiger partial charge on any atom is 0.407 e. The molecule has 0 fully saturated rings. The third kappa shape index (κ3) is 7.24. The van der Waals surface area contributed by atoms with Gasteiger partial charge in [-0.15, -0.1) is 0 Å². The third-order valence-electron chi connectivity index (χ3n) is 5.36. The van der Waals surface area contributed by atoms with Gasteiger partial charge in [-0.05, 0) is 56.9 Å². The second-order valence-electron chi connectivity index (χ2n) is 8.60. The van der Waals surface area contributed by atoms with Crippen LogP contribution in [0, 0.1) is 0 Å². The van der Waals surface area contributed by atoms with Crippen LogP contribution in [0.2, 0.25) is 0 Å². The van der Waals surface area contributed by atoms with E-state index in [1.165, 1.54) is 0 Å². The molecule has 32 heavy (non-hydrogen) atoms. The molecule has 0 aromatic heterocycles. The van der Waals surface area contributed by atoms with Crippen molar-refractivity contribution in [3.8, 4) is 5.75 Å². The minimum Gasteiger partial charge on any atom is -0.488 e. The Morgan fingerprint density at radius 2 is 1.78 bits per heavy atom. The third-order valence-corrected chi connectivity index (χ3v) is 6.84. The zero-order valence-electron chi connectivity index (χ0n) is 18.7. The minimum absolute atomic E-state index is 0.0808. The molecule has 8 heteroatoms. The number of para-hydroxylation sites is 1. The average Bonchev–Trinajstić information content (AvgIpc) is 3.18. The van der Waals surface area contributed by atoms with E-state index in [1.54, 1.807) is 30.3 Å². The lowest BCUT2D eigenvalue weighted by atomic mass is 10.0. The standard InChI is InChI=1S/C24H32N2O5S/c1-24(2,15-9-4-10-16-26-32(28,29)21-12-5-3-6-13-21)31-23(27)25-18-20-17-19-11-7-8-14-22(19)30-20/h3,5-8,11-14,20,26H,4,9-10,15-18H2,1-2H3,(H,25,27). The molecule has 3 rings (SSSR count). The number of hydrogen-bond donors (Lipinski definition) is 2. The molecule has 0 bridgehead atoms. The SMILES string of the molecule is CC(C)(CCCCCNS(=O)(=O)c1ccccc1)OC(=O)NCC1Cc2ccccc2O1. The molecule has 174 valence electrons. The summed E-state index contributed by atoms with van der Waals surface area (Å²) in [4.78, 5) is 12.5. The van der Waals surface area contributed by atoms with Gasteiger partial charge in [-0.3, -0.25) is 0 Å². The quantitative estimate of drug-likeness (QED) is 0.494. The predicted molar refractivity (Wildman–Crippen MR) is 123 cm³/mol. The van der Waals surface area contributed by atoms with Crippen LogP contribution in [-0.2, 0) is 21.2 Å². The van der Waals surface area contributed by atoms with Crippen molar-refractivity contribution in [1.29, 1.82) is 0 Å². The van der Waals surface area contributed by atoms with Gasteiger partial charge in [0.15, 0.2) is 0 Å². The summed E-state index contributed by atoms with van der Waals surface area (Å²) >= 11 is 0. The summed E-state index contributed by atoms with van der Waals surface area (Å²) in [7, 11) is -3.46. The highest BCUT2D eigenvalue weighted by atomic mass is 32.2. The molecular formula is C24H32N2O5S. The fraction of sp³-hybridized carbons (Fsp3) is 0.458. The van der Waals surface area contributed by atoms with Crippen LogP contribution in [0.15, 0.2) is 59.5 Å². The maximum atomic E-state index is 12.2. The molecule has 1 aliphatic heterocycles. The summed E-state index contributed by atoms with van der Waals surface area (Å²) in [5.41, 5.74) is 0.548. The van der Waals surface area contributed by atoms with Crippen LogP contribution in [-0.4, -0.2) is 39.3 Å². The van der Waals surface area contributed by atoms with Gasteiger partial charge in [0.25, 0.3) is 0 Å². The molecule has 2 aromatic rings. The number of rotatable bonds is 11. The van der Waals surface area contributed by atoms with Crippen molar-refractivity contribution in [1.82, 2.24) is 10.0 Å². The lowest BCUT2D eigenvalue weighted by molar-refractivity contribution is 0.0293. The number of carbonyl (C=O) groups excluding carboxylic acids is 1. The van der Waals surface area contributed by atoms with E-state index >= 15 is 0 Å². The first kappa shape index (κ1) is 24.1. The molecule has 1 aliphatic rings. The molecule has 7 nitrogen and oxygen atoms in total. The van der Waals surface area contributed by atoms with Crippen molar-refractivity contribution >= 4 is 16.1 Å². The number of alkyl carbamates (subject to hydrolysis) is 1. The minimum atomic E-state index is -3.46. The maximum absolute atomic E-state index is 12.2. The Hall–Kier alpha value is -2.58. The van der Waals surface area contributed by atoms with E-state index < -0.39 is 21.7 Å². The van der Waals surface area contributed by atoms with E-state index in [2.05, 4.69) is 10.0 Å². The largest absolute Gasteiger partial charge is 0.488 e. The van der Waals surface area contributed by atoms with Crippen molar-refractivity contribution in [2.45, 2.75) is 62.6 Å². The van der Waals surface area contributed by atoms with Crippen LogP contribution in [0.1, 0.15) is 45.1 Å². The molecule has 1 unspecified atom stereocenters. The number of unbranched alkanes of at least 4 members (excludes halogenated alkanes) is 2. The van der Waals surface area contributed by atoms with Crippen molar-refractivity contribution in [2.24, 2.45) is 0 Å². The Morgan fingerprint density at radius 3 is 2.53 bits per heavy atom. The summed E-state index contributed by atoms with van der Waals surface area (Å²) in [6.45, 7) is 4.53. The van der Waals surface area contributed by atoms with Crippen molar-refractivity contribution in [2.75, 3.05) is 13.1 Å². The monoisotopic (exact) mass is 460 g/mol. The number of sulfonamides is 1. The topological polar surface area (TPSA) is 93.7 Å². The number of benzene rings is 2. The summed E-state index contributed by atoms with van der Waals surface area (Å²) in [6, 6.07) is 16.2. The van der Waals surface area contributed by atoms with Crippen molar-refractivity contribution in [3.05, 3.63) is 60.2 Å². The molecule has 0 aliphatic carbocycles. The van der Waals surface area contributed by atoms with Gasteiger partial charge in [0, 0.05) is 13.0 Å². The molecule has 0 radical (unpaired) electrons. The van der Waals surface area contributed by atoms with E-state index in [-0.39, 0.29) is 11.0 Å². The molecule has 2 N–H and O–H groups in total. The van der Waals surface area contributed by atoms with Crippen molar-refractivity contribution in [3.63, 3.8) is 0 Å². The van der Waals surface area contributed by atoms with E-state index in [1.807, 2.05) is 38.1 Å². The first-order valence-corrected chi connectivity index (χ1v) is 12.5. The molecule has 1 atom stereocenters. The number of amides is 1.